The van der Waals surface area contributed by atoms with E-state index in [0.29, 0.717) is 19.3 Å². The maximum atomic E-state index is 12.7. The van der Waals surface area contributed by atoms with E-state index in [2.05, 4.69) is 15.0 Å². The molecule has 1 saturated heterocycles. The zero-order valence-electron chi connectivity index (χ0n) is 22.1. The Bertz CT molecular complexity index is 1160. The average molecular weight is 536 g/mol. The summed E-state index contributed by atoms with van der Waals surface area (Å²) in [6, 6.07) is 0. The molecule has 0 unspecified atom stereocenters. The second-order valence-corrected chi connectivity index (χ2v) is 9.24. The minimum atomic E-state index is -1.12. The van der Waals surface area contributed by atoms with Crippen LogP contribution in [0.4, 0.5) is 5.95 Å². The number of rotatable bonds is 14. The van der Waals surface area contributed by atoms with Crippen molar-refractivity contribution >= 4 is 35.0 Å². The Morgan fingerprint density at radius 1 is 0.974 bits per heavy atom. The molecule has 0 spiro atoms. The number of nitrogens with two attached hydrogens (primary N) is 1. The summed E-state index contributed by atoms with van der Waals surface area (Å²) in [7, 11) is 0. The fraction of sp³-hybridized carbons (Fsp3) is 0.680. The highest BCUT2D eigenvalue weighted by atomic mass is 16.7. The summed E-state index contributed by atoms with van der Waals surface area (Å²) in [5, 5.41) is 0. The van der Waals surface area contributed by atoms with Crippen molar-refractivity contribution in [3.05, 3.63) is 16.7 Å². The summed E-state index contributed by atoms with van der Waals surface area (Å²) < 4.78 is 24.6. The predicted octanol–water partition coefficient (Wildman–Crippen LogP) is 2.54. The summed E-state index contributed by atoms with van der Waals surface area (Å²) in [4.78, 5) is 60.6. The van der Waals surface area contributed by atoms with Crippen LogP contribution in [0, 0.1) is 0 Å². The number of imidazole rings is 1. The number of aromatic amines is 1. The van der Waals surface area contributed by atoms with Gasteiger partial charge in [0.05, 0.1) is 6.33 Å². The first-order chi connectivity index (χ1) is 18.3. The third-order valence-corrected chi connectivity index (χ3v) is 6.16. The van der Waals surface area contributed by atoms with Crippen LogP contribution in [0.2, 0.25) is 0 Å². The number of carbonyl (C=O) groups is 3. The van der Waals surface area contributed by atoms with Crippen LogP contribution < -0.4 is 11.3 Å². The highest BCUT2D eigenvalue weighted by Crippen LogP contribution is 2.36. The fourth-order valence-electron chi connectivity index (χ4n) is 4.10. The van der Waals surface area contributed by atoms with Crippen molar-refractivity contribution in [2.75, 3.05) is 12.3 Å². The number of hydrogen-bond acceptors (Lipinski definition) is 11. The Morgan fingerprint density at radius 3 is 2.16 bits per heavy atom. The Balaban J connectivity index is 1.97. The van der Waals surface area contributed by atoms with E-state index in [1.807, 2.05) is 20.8 Å². The molecule has 0 bridgehead atoms. The predicted molar refractivity (Wildman–Crippen MR) is 136 cm³/mol. The minimum Gasteiger partial charge on any atom is -0.463 e. The van der Waals surface area contributed by atoms with Crippen molar-refractivity contribution < 1.29 is 33.3 Å². The molecule has 1 aliphatic rings. The molecule has 0 radical (unpaired) electrons. The molecule has 3 N–H and O–H groups in total. The number of nitrogens with one attached hydrogen (secondary N) is 1. The van der Waals surface area contributed by atoms with Gasteiger partial charge in [-0.2, -0.15) is 4.98 Å². The number of hydrogen-bond donors (Lipinski definition) is 2. The molecular weight excluding hydrogens is 498 g/mol. The third-order valence-electron chi connectivity index (χ3n) is 6.16. The second kappa shape index (κ2) is 13.9. The number of nitrogen functional groups attached to an aromatic ring is 1. The smallest absolute Gasteiger partial charge is 0.306 e. The number of nitrogens with zero attached hydrogens (tertiary/aromatic N) is 3. The molecule has 38 heavy (non-hydrogen) atoms. The molecular formula is C25H37N5O8. The van der Waals surface area contributed by atoms with Gasteiger partial charge in [0.2, 0.25) is 5.95 Å². The first kappa shape index (κ1) is 29.1. The number of fused-ring (bicyclic) bond motifs is 1. The van der Waals surface area contributed by atoms with E-state index in [1.165, 1.54) is 10.9 Å². The Kier molecular flexibility index (Phi) is 10.6. The number of unbranched alkanes of at least 4 members (excludes halogenated alkanes) is 3. The molecule has 1 fully saturated rings. The molecule has 0 amide bonds. The topological polar surface area (TPSA) is 178 Å². The first-order valence-electron chi connectivity index (χ1n) is 13.2. The lowest BCUT2D eigenvalue weighted by molar-refractivity contribution is -0.169. The zero-order valence-corrected chi connectivity index (χ0v) is 22.1. The molecule has 3 rings (SSSR count). The molecule has 3 heterocycles. The van der Waals surface area contributed by atoms with Gasteiger partial charge in [0.15, 0.2) is 29.6 Å². The molecule has 4 atom stereocenters. The molecule has 2 aromatic rings. The number of carbonyl (C=O) groups excluding carboxylic acids is 3. The van der Waals surface area contributed by atoms with Gasteiger partial charge < -0.3 is 24.7 Å². The van der Waals surface area contributed by atoms with Crippen molar-refractivity contribution in [2.24, 2.45) is 0 Å². The quantitative estimate of drug-likeness (QED) is 0.268. The lowest BCUT2D eigenvalue weighted by Gasteiger charge is -2.25. The summed E-state index contributed by atoms with van der Waals surface area (Å²) in [6.45, 7) is 5.63. The highest BCUT2D eigenvalue weighted by molar-refractivity contribution is 5.72. The monoisotopic (exact) mass is 535 g/mol. The number of esters is 3. The average Bonchev–Trinajstić information content (AvgIpc) is 3.45. The molecule has 210 valence electrons. The number of anilines is 1. The lowest BCUT2D eigenvalue weighted by atomic mass is 10.1. The van der Waals surface area contributed by atoms with E-state index in [-0.39, 0.29) is 43.0 Å². The van der Waals surface area contributed by atoms with Crippen LogP contribution in [-0.2, 0) is 33.3 Å². The largest absolute Gasteiger partial charge is 0.463 e. The van der Waals surface area contributed by atoms with Gasteiger partial charge in [0, 0.05) is 19.3 Å². The zero-order chi connectivity index (χ0) is 27.7. The Hall–Kier alpha value is -3.48. The Morgan fingerprint density at radius 2 is 1.55 bits per heavy atom. The van der Waals surface area contributed by atoms with Crippen LogP contribution in [0.5, 0.6) is 0 Å². The minimum absolute atomic E-state index is 0.00444. The molecule has 0 saturated carbocycles. The van der Waals surface area contributed by atoms with Gasteiger partial charge in [0.25, 0.3) is 5.56 Å². The molecule has 13 heteroatoms. The van der Waals surface area contributed by atoms with Crippen LogP contribution in [0.1, 0.15) is 84.8 Å². The summed E-state index contributed by atoms with van der Waals surface area (Å²) in [5.74, 6) is -1.55. The van der Waals surface area contributed by atoms with Crippen LogP contribution in [0.25, 0.3) is 11.2 Å². The summed E-state index contributed by atoms with van der Waals surface area (Å²) in [5.41, 5.74) is 5.30. The van der Waals surface area contributed by atoms with Gasteiger partial charge in [-0.1, -0.05) is 40.0 Å². The van der Waals surface area contributed by atoms with E-state index in [0.717, 1.165) is 19.3 Å². The van der Waals surface area contributed by atoms with E-state index in [4.69, 9.17) is 24.7 Å². The lowest BCUT2D eigenvalue weighted by Crippen LogP contribution is -2.41. The summed E-state index contributed by atoms with van der Waals surface area (Å²) >= 11 is 0. The molecule has 0 aromatic carbocycles. The second-order valence-electron chi connectivity index (χ2n) is 9.24. The maximum Gasteiger partial charge on any atom is 0.306 e. The van der Waals surface area contributed by atoms with Gasteiger partial charge in [-0.25, -0.2) is 4.98 Å². The molecule has 1 aliphatic heterocycles. The van der Waals surface area contributed by atoms with Gasteiger partial charge in [-0.05, 0) is 19.3 Å². The van der Waals surface area contributed by atoms with E-state index in [1.54, 1.807) is 0 Å². The highest BCUT2D eigenvalue weighted by Gasteiger charge is 2.51. The van der Waals surface area contributed by atoms with Crippen LogP contribution in [0.3, 0.4) is 0 Å². The molecule has 2 aromatic heterocycles. The van der Waals surface area contributed by atoms with Gasteiger partial charge >= 0.3 is 17.9 Å². The van der Waals surface area contributed by atoms with Gasteiger partial charge in [0.1, 0.15) is 12.7 Å². The maximum absolute atomic E-state index is 12.7. The van der Waals surface area contributed by atoms with Crippen molar-refractivity contribution in [1.29, 1.82) is 0 Å². The fourth-order valence-corrected chi connectivity index (χ4v) is 4.10. The number of aromatic nitrogens is 4. The SMILES string of the molecule is CCCCC(=O)OC[C@H]1O[C@@H](n2cnc3c(=O)[nH]c(N)nc32)[C@H](OC(=O)CCCC)[C@@H]1OC(=O)CCCC. The van der Waals surface area contributed by atoms with Crippen molar-refractivity contribution in [1.82, 2.24) is 19.5 Å². The van der Waals surface area contributed by atoms with Gasteiger partial charge in [-0.15, -0.1) is 0 Å². The van der Waals surface area contributed by atoms with Gasteiger partial charge in [-0.3, -0.25) is 28.7 Å². The first-order valence-corrected chi connectivity index (χ1v) is 13.2. The third kappa shape index (κ3) is 7.30. The van der Waals surface area contributed by atoms with Crippen LogP contribution in [0.15, 0.2) is 11.1 Å². The molecule has 0 aliphatic carbocycles. The van der Waals surface area contributed by atoms with Crippen molar-refractivity contribution in [3.63, 3.8) is 0 Å². The number of ether oxygens (including phenoxy) is 4. The van der Waals surface area contributed by atoms with Crippen LogP contribution >= 0.6 is 0 Å². The standard InChI is InChI=1S/C25H37N5O8/c1-4-7-10-16(31)35-13-15-20(37-17(32)11-8-5-2)21(38-18(33)12-9-6-3)24(36-15)30-14-27-19-22(30)28-25(26)29-23(19)34/h14-15,20-21,24H,4-13H2,1-3H3,(H3,26,28,29,34)/t15-,20-,21-,24-/m1/s1. The van der Waals surface area contributed by atoms with E-state index >= 15 is 0 Å². The van der Waals surface area contributed by atoms with Crippen molar-refractivity contribution in [3.8, 4) is 0 Å². The number of H-pyrrole nitrogens is 1. The Labute approximate surface area is 220 Å². The van der Waals surface area contributed by atoms with E-state index in [9.17, 15) is 19.2 Å². The normalized spacial score (nSPS) is 20.9. The molecule has 13 nitrogen and oxygen atoms in total. The summed E-state index contributed by atoms with van der Waals surface area (Å²) in [6.07, 6.45) is 1.94. The van der Waals surface area contributed by atoms with E-state index < -0.39 is 48.0 Å². The van der Waals surface area contributed by atoms with Crippen molar-refractivity contribution in [2.45, 2.75) is 103 Å². The van der Waals surface area contributed by atoms with Crippen LogP contribution in [-0.4, -0.2) is 62.3 Å².